The Hall–Kier alpha value is -1.61. The summed E-state index contributed by atoms with van der Waals surface area (Å²) < 4.78 is 0. The number of rotatable bonds is 2. The van der Waals surface area contributed by atoms with Gasteiger partial charge in [0.15, 0.2) is 0 Å². The molecule has 0 radical (unpaired) electrons. The molecule has 0 bridgehead atoms. The number of benzene rings is 1. The topological polar surface area (TPSA) is 37.3 Å². The molecule has 1 aromatic carbocycles. The maximum Gasteiger partial charge on any atom is 0.335 e. The zero-order valence-corrected chi connectivity index (χ0v) is 8.12. The van der Waals surface area contributed by atoms with Gasteiger partial charge in [0.2, 0.25) is 0 Å². The van der Waals surface area contributed by atoms with Crippen molar-refractivity contribution in [3.63, 3.8) is 0 Å². The third-order valence-electron chi connectivity index (χ3n) is 1.94. The fourth-order valence-corrected chi connectivity index (χ4v) is 1.95. The van der Waals surface area contributed by atoms with Gasteiger partial charge in [-0.15, -0.1) is 11.3 Å². The van der Waals surface area contributed by atoms with Gasteiger partial charge in [0, 0.05) is 4.88 Å². The highest BCUT2D eigenvalue weighted by Crippen LogP contribution is 2.24. The Morgan fingerprint density at radius 3 is 2.36 bits per heavy atom. The Bertz CT molecular complexity index is 429. The maximum absolute atomic E-state index is 10.6. The minimum Gasteiger partial charge on any atom is -0.478 e. The first kappa shape index (κ1) is 8.97. The van der Waals surface area contributed by atoms with Gasteiger partial charge < -0.3 is 5.11 Å². The van der Waals surface area contributed by atoms with E-state index in [0.29, 0.717) is 5.56 Å². The van der Waals surface area contributed by atoms with Crippen LogP contribution in [0.4, 0.5) is 0 Å². The lowest BCUT2D eigenvalue weighted by atomic mass is 10.1. The first-order valence-corrected chi connectivity index (χ1v) is 5.02. The molecule has 0 spiro atoms. The summed E-state index contributed by atoms with van der Waals surface area (Å²) >= 11 is 1.64. The van der Waals surface area contributed by atoms with E-state index in [1.54, 1.807) is 23.5 Å². The van der Waals surface area contributed by atoms with E-state index in [1.165, 1.54) is 0 Å². The molecule has 2 aromatic rings. The molecule has 0 saturated heterocycles. The number of aromatic carboxylic acids is 1. The molecule has 2 nitrogen and oxygen atoms in total. The van der Waals surface area contributed by atoms with Crippen LogP contribution in [0.2, 0.25) is 0 Å². The Morgan fingerprint density at radius 1 is 1.14 bits per heavy atom. The molecular formula is C11H8O2S. The summed E-state index contributed by atoms with van der Waals surface area (Å²) in [6.45, 7) is 0. The number of hydrogen-bond donors (Lipinski definition) is 1. The number of carboxylic acids is 1. The van der Waals surface area contributed by atoms with Gasteiger partial charge in [-0.2, -0.15) is 0 Å². The lowest BCUT2D eigenvalue weighted by Gasteiger charge is -1.97. The van der Waals surface area contributed by atoms with Gasteiger partial charge in [-0.25, -0.2) is 4.79 Å². The third kappa shape index (κ3) is 1.67. The van der Waals surface area contributed by atoms with Crippen molar-refractivity contribution in [3.05, 3.63) is 47.3 Å². The van der Waals surface area contributed by atoms with E-state index in [0.717, 1.165) is 10.4 Å². The van der Waals surface area contributed by atoms with Crippen LogP contribution in [0.25, 0.3) is 10.4 Å². The summed E-state index contributed by atoms with van der Waals surface area (Å²) in [6.07, 6.45) is 0. The molecule has 0 aliphatic carbocycles. The number of carbonyl (C=O) groups is 1. The van der Waals surface area contributed by atoms with Crippen molar-refractivity contribution in [2.45, 2.75) is 0 Å². The molecule has 0 saturated carbocycles. The number of thiophene rings is 1. The van der Waals surface area contributed by atoms with Crippen molar-refractivity contribution in [1.82, 2.24) is 0 Å². The molecule has 0 amide bonds. The molecule has 0 atom stereocenters. The first-order chi connectivity index (χ1) is 6.77. The van der Waals surface area contributed by atoms with Crippen LogP contribution in [0, 0.1) is 0 Å². The van der Waals surface area contributed by atoms with Crippen molar-refractivity contribution in [2.75, 3.05) is 0 Å². The standard InChI is InChI=1S/C11H8O2S/c12-11(13)9-5-3-8(4-6-9)10-2-1-7-14-10/h1-7H,(H,12,13). The van der Waals surface area contributed by atoms with Crippen LogP contribution in [-0.2, 0) is 0 Å². The predicted octanol–water partition coefficient (Wildman–Crippen LogP) is 3.11. The van der Waals surface area contributed by atoms with Crippen molar-refractivity contribution in [1.29, 1.82) is 0 Å². The Kier molecular flexibility index (Phi) is 2.33. The molecule has 0 aliphatic rings. The van der Waals surface area contributed by atoms with Gasteiger partial charge in [-0.05, 0) is 29.1 Å². The molecule has 0 fully saturated rings. The van der Waals surface area contributed by atoms with Crippen molar-refractivity contribution < 1.29 is 9.90 Å². The molecule has 1 heterocycles. The largest absolute Gasteiger partial charge is 0.478 e. The summed E-state index contributed by atoms with van der Waals surface area (Å²) in [4.78, 5) is 11.8. The lowest BCUT2D eigenvalue weighted by Crippen LogP contribution is -1.94. The van der Waals surface area contributed by atoms with Gasteiger partial charge in [0.1, 0.15) is 0 Å². The van der Waals surface area contributed by atoms with Crippen LogP contribution in [0.3, 0.4) is 0 Å². The van der Waals surface area contributed by atoms with Crippen LogP contribution in [0.1, 0.15) is 10.4 Å². The number of carboxylic acid groups (broad SMARTS) is 1. The van der Waals surface area contributed by atoms with Gasteiger partial charge in [-0.1, -0.05) is 18.2 Å². The zero-order valence-electron chi connectivity index (χ0n) is 7.31. The highest BCUT2D eigenvalue weighted by Gasteiger charge is 2.02. The Balaban J connectivity index is 2.36. The van der Waals surface area contributed by atoms with Crippen LogP contribution < -0.4 is 0 Å². The van der Waals surface area contributed by atoms with Gasteiger partial charge in [-0.3, -0.25) is 0 Å². The summed E-state index contributed by atoms with van der Waals surface area (Å²) in [5.41, 5.74) is 1.38. The summed E-state index contributed by atoms with van der Waals surface area (Å²) in [5.74, 6) is -0.886. The van der Waals surface area contributed by atoms with Crippen molar-refractivity contribution in [3.8, 4) is 10.4 Å². The molecule has 2 rings (SSSR count). The Labute approximate surface area is 85.4 Å². The zero-order chi connectivity index (χ0) is 9.97. The minimum atomic E-state index is -0.886. The quantitative estimate of drug-likeness (QED) is 0.816. The SMILES string of the molecule is O=C(O)c1ccc(-c2cccs2)cc1. The van der Waals surface area contributed by atoms with Crippen molar-refractivity contribution >= 4 is 17.3 Å². The van der Waals surface area contributed by atoms with E-state index in [2.05, 4.69) is 0 Å². The molecule has 14 heavy (non-hydrogen) atoms. The van der Waals surface area contributed by atoms with E-state index in [9.17, 15) is 4.79 Å². The van der Waals surface area contributed by atoms with Gasteiger partial charge >= 0.3 is 5.97 Å². The molecule has 0 unspecified atom stereocenters. The van der Waals surface area contributed by atoms with Crippen molar-refractivity contribution in [2.24, 2.45) is 0 Å². The monoisotopic (exact) mass is 204 g/mol. The normalized spacial score (nSPS) is 10.0. The minimum absolute atomic E-state index is 0.324. The third-order valence-corrected chi connectivity index (χ3v) is 2.86. The molecule has 3 heteroatoms. The molecule has 1 N–H and O–H groups in total. The summed E-state index contributed by atoms with van der Waals surface area (Å²) in [6, 6.07) is 10.9. The fraction of sp³-hybridized carbons (Fsp3) is 0. The van der Waals surface area contributed by atoms with E-state index in [-0.39, 0.29) is 0 Å². The Morgan fingerprint density at radius 2 is 1.86 bits per heavy atom. The summed E-state index contributed by atoms with van der Waals surface area (Å²) in [7, 11) is 0. The molecule has 1 aromatic heterocycles. The lowest BCUT2D eigenvalue weighted by molar-refractivity contribution is 0.0697. The smallest absolute Gasteiger partial charge is 0.335 e. The van der Waals surface area contributed by atoms with Crippen LogP contribution in [-0.4, -0.2) is 11.1 Å². The fourth-order valence-electron chi connectivity index (χ4n) is 1.22. The van der Waals surface area contributed by atoms with E-state index >= 15 is 0 Å². The molecule has 0 aliphatic heterocycles. The average Bonchev–Trinajstić information content (AvgIpc) is 2.71. The van der Waals surface area contributed by atoms with Gasteiger partial charge in [0.25, 0.3) is 0 Å². The van der Waals surface area contributed by atoms with Crippen LogP contribution >= 0.6 is 11.3 Å². The van der Waals surface area contributed by atoms with E-state index in [1.807, 2.05) is 29.6 Å². The van der Waals surface area contributed by atoms with Crippen LogP contribution in [0.5, 0.6) is 0 Å². The first-order valence-electron chi connectivity index (χ1n) is 4.14. The highest BCUT2D eigenvalue weighted by atomic mass is 32.1. The van der Waals surface area contributed by atoms with Gasteiger partial charge in [0.05, 0.1) is 5.56 Å². The molecular weight excluding hydrogens is 196 g/mol. The van der Waals surface area contributed by atoms with E-state index in [4.69, 9.17) is 5.11 Å². The second-order valence-corrected chi connectivity index (χ2v) is 3.81. The maximum atomic E-state index is 10.6. The highest BCUT2D eigenvalue weighted by molar-refractivity contribution is 7.13. The van der Waals surface area contributed by atoms with E-state index < -0.39 is 5.97 Å². The average molecular weight is 204 g/mol. The van der Waals surface area contributed by atoms with Crippen LogP contribution in [0.15, 0.2) is 41.8 Å². The second-order valence-electron chi connectivity index (χ2n) is 2.86. The molecule has 70 valence electrons. The summed E-state index contributed by atoms with van der Waals surface area (Å²) in [5, 5.41) is 10.7. The number of hydrogen-bond acceptors (Lipinski definition) is 2. The predicted molar refractivity (Wildman–Crippen MR) is 56.7 cm³/mol. The second kappa shape index (κ2) is 3.64.